The van der Waals surface area contributed by atoms with Gasteiger partial charge in [-0.2, -0.15) is 0 Å². The molecule has 0 fully saturated rings. The summed E-state index contributed by atoms with van der Waals surface area (Å²) in [7, 11) is 0. The largest absolute Gasteiger partial charge is 0.493 e. The lowest BCUT2D eigenvalue weighted by atomic mass is 9.94. The minimum absolute atomic E-state index is 0.422. The predicted octanol–water partition coefficient (Wildman–Crippen LogP) is 3.94. The third-order valence-electron chi connectivity index (χ3n) is 3.52. The molecule has 1 unspecified atom stereocenters. The van der Waals surface area contributed by atoms with E-state index in [9.17, 15) is 0 Å². The highest BCUT2D eigenvalue weighted by molar-refractivity contribution is 5.38. The van der Waals surface area contributed by atoms with E-state index in [0.717, 1.165) is 24.5 Å². The second-order valence-electron chi connectivity index (χ2n) is 5.00. The maximum Gasteiger partial charge on any atom is 0.122 e. The molecule has 0 saturated heterocycles. The van der Waals surface area contributed by atoms with E-state index >= 15 is 0 Å². The lowest BCUT2D eigenvalue weighted by Crippen LogP contribution is -2.19. The van der Waals surface area contributed by atoms with Crippen molar-refractivity contribution in [1.82, 2.24) is 0 Å². The van der Waals surface area contributed by atoms with Crippen molar-refractivity contribution in [2.24, 2.45) is 0 Å². The summed E-state index contributed by atoms with van der Waals surface area (Å²) in [5.41, 5.74) is 2.49. The molecule has 2 aromatic carbocycles. The third kappa shape index (κ3) is 2.73. The summed E-state index contributed by atoms with van der Waals surface area (Å²) in [5.74, 6) is 2.38. The first-order chi connectivity index (χ1) is 9.33. The first kappa shape index (κ1) is 12.1. The Balaban J connectivity index is 1.71. The van der Waals surface area contributed by atoms with Gasteiger partial charge in [-0.15, -0.1) is 0 Å². The molecule has 1 aliphatic rings. The van der Waals surface area contributed by atoms with Gasteiger partial charge in [-0.1, -0.05) is 30.3 Å². The number of rotatable bonds is 3. The van der Waals surface area contributed by atoms with Crippen molar-refractivity contribution in [3.05, 3.63) is 59.7 Å². The van der Waals surface area contributed by atoms with Crippen LogP contribution >= 0.6 is 0 Å². The standard InChI is InChI=1S/C17H18O2/c1-13-5-4-6-15(11-13)19-12-14-9-10-18-17-8-3-2-7-16(14)17/h2-8,11,14H,9-10,12H2,1H3. The normalized spacial score (nSPS) is 17.4. The minimum Gasteiger partial charge on any atom is -0.493 e. The van der Waals surface area contributed by atoms with Crippen LogP contribution in [0.5, 0.6) is 11.5 Å². The van der Waals surface area contributed by atoms with Crippen LogP contribution < -0.4 is 9.47 Å². The topological polar surface area (TPSA) is 18.5 Å². The fourth-order valence-electron chi connectivity index (χ4n) is 2.49. The van der Waals surface area contributed by atoms with E-state index in [1.54, 1.807) is 0 Å². The van der Waals surface area contributed by atoms with Crippen molar-refractivity contribution >= 4 is 0 Å². The molecule has 98 valence electrons. The molecule has 19 heavy (non-hydrogen) atoms. The average Bonchev–Trinajstić information content (AvgIpc) is 2.45. The zero-order chi connectivity index (χ0) is 13.1. The highest BCUT2D eigenvalue weighted by Crippen LogP contribution is 2.33. The van der Waals surface area contributed by atoms with Gasteiger partial charge in [0.2, 0.25) is 0 Å². The SMILES string of the molecule is Cc1cccc(OCC2CCOc3ccccc32)c1. The van der Waals surface area contributed by atoms with Gasteiger partial charge in [0.05, 0.1) is 13.2 Å². The van der Waals surface area contributed by atoms with E-state index in [2.05, 4.69) is 31.2 Å². The number of benzene rings is 2. The molecule has 0 spiro atoms. The zero-order valence-corrected chi connectivity index (χ0v) is 11.1. The van der Waals surface area contributed by atoms with Gasteiger partial charge < -0.3 is 9.47 Å². The molecule has 2 nitrogen and oxygen atoms in total. The van der Waals surface area contributed by atoms with Crippen molar-refractivity contribution in [2.75, 3.05) is 13.2 Å². The Morgan fingerprint density at radius 2 is 2.05 bits per heavy atom. The molecule has 1 atom stereocenters. The Labute approximate surface area is 114 Å². The molecule has 0 bridgehead atoms. The molecule has 0 radical (unpaired) electrons. The molecule has 0 amide bonds. The number of fused-ring (bicyclic) bond motifs is 1. The van der Waals surface area contributed by atoms with Crippen molar-refractivity contribution in [1.29, 1.82) is 0 Å². The molecule has 0 aromatic heterocycles. The summed E-state index contributed by atoms with van der Waals surface area (Å²) in [6.45, 7) is 3.57. The van der Waals surface area contributed by atoms with Crippen molar-refractivity contribution < 1.29 is 9.47 Å². The lowest BCUT2D eigenvalue weighted by molar-refractivity contribution is 0.217. The van der Waals surface area contributed by atoms with Crippen LogP contribution in [-0.2, 0) is 0 Å². The first-order valence-corrected chi connectivity index (χ1v) is 6.74. The Bertz CT molecular complexity index is 563. The number of hydrogen-bond donors (Lipinski definition) is 0. The van der Waals surface area contributed by atoms with Gasteiger partial charge in [0.15, 0.2) is 0 Å². The van der Waals surface area contributed by atoms with Crippen molar-refractivity contribution in [3.63, 3.8) is 0 Å². The monoisotopic (exact) mass is 254 g/mol. The van der Waals surface area contributed by atoms with E-state index in [-0.39, 0.29) is 0 Å². The third-order valence-corrected chi connectivity index (χ3v) is 3.52. The highest BCUT2D eigenvalue weighted by Gasteiger charge is 2.21. The summed E-state index contributed by atoms with van der Waals surface area (Å²) < 4.78 is 11.6. The van der Waals surface area contributed by atoms with Crippen LogP contribution in [0.15, 0.2) is 48.5 Å². The Morgan fingerprint density at radius 1 is 1.16 bits per heavy atom. The van der Waals surface area contributed by atoms with Gasteiger partial charge in [-0.3, -0.25) is 0 Å². The second kappa shape index (κ2) is 5.35. The summed E-state index contributed by atoms with van der Waals surface area (Å²) in [6, 6.07) is 16.4. The van der Waals surface area contributed by atoms with E-state index in [1.807, 2.05) is 24.3 Å². The fourth-order valence-corrected chi connectivity index (χ4v) is 2.49. The number of ether oxygens (including phenoxy) is 2. The summed E-state index contributed by atoms with van der Waals surface area (Å²) >= 11 is 0. The van der Waals surface area contributed by atoms with Gasteiger partial charge in [-0.25, -0.2) is 0 Å². The summed E-state index contributed by atoms with van der Waals surface area (Å²) in [6.07, 6.45) is 1.02. The number of para-hydroxylation sites is 1. The van der Waals surface area contributed by atoms with Crippen LogP contribution in [0, 0.1) is 6.92 Å². The van der Waals surface area contributed by atoms with Crippen LogP contribution in [0.3, 0.4) is 0 Å². The molecule has 3 rings (SSSR count). The number of aryl methyl sites for hydroxylation is 1. The second-order valence-corrected chi connectivity index (χ2v) is 5.00. The zero-order valence-electron chi connectivity index (χ0n) is 11.1. The predicted molar refractivity (Wildman–Crippen MR) is 76.0 cm³/mol. The van der Waals surface area contributed by atoms with Crippen LogP contribution in [0.4, 0.5) is 0 Å². The summed E-state index contributed by atoms with van der Waals surface area (Å²) in [4.78, 5) is 0. The molecule has 2 heteroatoms. The van der Waals surface area contributed by atoms with Gasteiger partial charge in [-0.05, 0) is 37.1 Å². The molecule has 0 aliphatic carbocycles. The van der Waals surface area contributed by atoms with Gasteiger partial charge in [0.1, 0.15) is 11.5 Å². The molecular formula is C17H18O2. The maximum absolute atomic E-state index is 5.93. The molecule has 1 heterocycles. The van der Waals surface area contributed by atoms with E-state index in [0.29, 0.717) is 12.5 Å². The maximum atomic E-state index is 5.93. The first-order valence-electron chi connectivity index (χ1n) is 6.74. The highest BCUT2D eigenvalue weighted by atomic mass is 16.5. The van der Waals surface area contributed by atoms with Crippen molar-refractivity contribution in [2.45, 2.75) is 19.3 Å². The van der Waals surface area contributed by atoms with Crippen LogP contribution in [0.2, 0.25) is 0 Å². The minimum atomic E-state index is 0.422. The Morgan fingerprint density at radius 3 is 2.95 bits per heavy atom. The quantitative estimate of drug-likeness (QED) is 0.826. The van der Waals surface area contributed by atoms with Crippen LogP contribution in [-0.4, -0.2) is 13.2 Å². The smallest absolute Gasteiger partial charge is 0.122 e. The van der Waals surface area contributed by atoms with E-state index in [1.165, 1.54) is 11.1 Å². The molecule has 2 aromatic rings. The Hall–Kier alpha value is -1.96. The fraction of sp³-hybridized carbons (Fsp3) is 0.294. The number of hydrogen-bond acceptors (Lipinski definition) is 2. The molecular weight excluding hydrogens is 236 g/mol. The average molecular weight is 254 g/mol. The lowest BCUT2D eigenvalue weighted by Gasteiger charge is -2.25. The van der Waals surface area contributed by atoms with Crippen LogP contribution in [0.25, 0.3) is 0 Å². The summed E-state index contributed by atoms with van der Waals surface area (Å²) in [5, 5.41) is 0. The van der Waals surface area contributed by atoms with Gasteiger partial charge >= 0.3 is 0 Å². The van der Waals surface area contributed by atoms with Gasteiger partial charge in [0, 0.05) is 11.5 Å². The van der Waals surface area contributed by atoms with Crippen LogP contribution in [0.1, 0.15) is 23.5 Å². The molecule has 0 saturated carbocycles. The van der Waals surface area contributed by atoms with E-state index < -0.39 is 0 Å². The molecule has 0 N–H and O–H groups in total. The van der Waals surface area contributed by atoms with Gasteiger partial charge in [0.25, 0.3) is 0 Å². The van der Waals surface area contributed by atoms with Crippen molar-refractivity contribution in [3.8, 4) is 11.5 Å². The Kier molecular flexibility index (Phi) is 3.41. The van der Waals surface area contributed by atoms with E-state index in [4.69, 9.17) is 9.47 Å². The molecule has 1 aliphatic heterocycles.